The van der Waals surface area contributed by atoms with E-state index in [1.54, 1.807) is 12.1 Å². The fraction of sp³-hybridized carbons (Fsp3) is 0.462. The minimum Gasteiger partial charge on any atom is -0.481 e. The van der Waals surface area contributed by atoms with Crippen LogP contribution < -0.4 is 0 Å². The molecular formula is C13H15F3O2S. The lowest BCUT2D eigenvalue weighted by atomic mass is 10.0. The van der Waals surface area contributed by atoms with Gasteiger partial charge in [-0.15, -0.1) is 11.8 Å². The zero-order chi connectivity index (χ0) is 14.6. The molecule has 0 spiro atoms. The summed E-state index contributed by atoms with van der Waals surface area (Å²) < 4.78 is 37.3. The Bertz CT molecular complexity index is 427. The van der Waals surface area contributed by atoms with Crippen molar-refractivity contribution in [2.45, 2.75) is 30.8 Å². The molecule has 0 aliphatic rings. The average molecular weight is 292 g/mol. The molecule has 19 heavy (non-hydrogen) atoms. The van der Waals surface area contributed by atoms with Crippen molar-refractivity contribution in [3.05, 3.63) is 29.8 Å². The highest BCUT2D eigenvalue weighted by Gasteiger charge is 2.44. The number of aliphatic carboxylic acids is 1. The second kappa shape index (κ2) is 6.32. The highest BCUT2D eigenvalue weighted by Crippen LogP contribution is 2.32. The van der Waals surface area contributed by atoms with Crippen molar-refractivity contribution >= 4 is 17.7 Å². The molecule has 0 saturated carbocycles. The number of benzene rings is 1. The number of halogens is 3. The Morgan fingerprint density at radius 3 is 2.16 bits per heavy atom. The van der Waals surface area contributed by atoms with Crippen molar-refractivity contribution in [1.82, 2.24) is 0 Å². The van der Waals surface area contributed by atoms with Crippen LogP contribution in [0.5, 0.6) is 0 Å². The number of carboxylic acids is 1. The van der Waals surface area contributed by atoms with Gasteiger partial charge in [0.05, 0.1) is 0 Å². The molecule has 1 aromatic rings. The second-order valence-corrected chi connectivity index (χ2v) is 5.56. The maximum Gasteiger partial charge on any atom is 0.403 e. The third kappa shape index (κ3) is 4.78. The van der Waals surface area contributed by atoms with E-state index in [9.17, 15) is 18.0 Å². The van der Waals surface area contributed by atoms with Crippen LogP contribution in [0.2, 0.25) is 0 Å². The van der Waals surface area contributed by atoms with Gasteiger partial charge in [-0.25, -0.2) is 0 Å². The first-order valence-corrected chi connectivity index (χ1v) is 6.72. The number of rotatable bonds is 5. The quantitative estimate of drug-likeness (QED) is 0.828. The van der Waals surface area contributed by atoms with E-state index in [2.05, 4.69) is 0 Å². The molecule has 2 nitrogen and oxygen atoms in total. The van der Waals surface area contributed by atoms with Crippen LogP contribution in [-0.2, 0) is 4.79 Å². The van der Waals surface area contributed by atoms with Crippen molar-refractivity contribution in [3.8, 4) is 0 Å². The van der Waals surface area contributed by atoms with Crippen molar-refractivity contribution in [2.24, 2.45) is 5.92 Å². The maximum atomic E-state index is 12.4. The van der Waals surface area contributed by atoms with E-state index in [4.69, 9.17) is 5.11 Å². The molecular weight excluding hydrogens is 277 g/mol. The minimum absolute atomic E-state index is 0.348. The van der Waals surface area contributed by atoms with Crippen LogP contribution in [0, 0.1) is 5.92 Å². The van der Waals surface area contributed by atoms with Crippen LogP contribution in [0.3, 0.4) is 0 Å². The predicted molar refractivity (Wildman–Crippen MR) is 68.4 cm³/mol. The Morgan fingerprint density at radius 1 is 1.26 bits per heavy atom. The molecule has 0 bridgehead atoms. The lowest BCUT2D eigenvalue weighted by Crippen LogP contribution is -2.32. The molecule has 1 rings (SSSR count). The summed E-state index contributed by atoms with van der Waals surface area (Å²) >= 11 is 0.903. The fourth-order valence-corrected chi connectivity index (χ4v) is 2.45. The first-order chi connectivity index (χ1) is 8.71. The predicted octanol–water partition coefficient (Wildman–Crippen LogP) is 4.17. The molecule has 0 heterocycles. The van der Waals surface area contributed by atoms with Gasteiger partial charge in [-0.1, -0.05) is 26.0 Å². The smallest absolute Gasteiger partial charge is 0.403 e. The molecule has 1 unspecified atom stereocenters. The summed E-state index contributed by atoms with van der Waals surface area (Å²) in [5.41, 5.74) is 1.09. The summed E-state index contributed by atoms with van der Waals surface area (Å²) in [6.45, 7) is 4.04. The number of thioether (sulfide) groups is 1. The van der Waals surface area contributed by atoms with Crippen LogP contribution in [0.1, 0.15) is 25.3 Å². The number of hydrogen-bond donors (Lipinski definition) is 1. The number of carbonyl (C=O) groups is 1. The van der Waals surface area contributed by atoms with Gasteiger partial charge < -0.3 is 5.11 Å². The summed E-state index contributed by atoms with van der Waals surface area (Å²) in [6, 6.07) is 7.12. The molecule has 0 aliphatic heterocycles. The molecule has 1 aromatic carbocycles. The van der Waals surface area contributed by atoms with Crippen LogP contribution >= 0.6 is 11.8 Å². The number of carboxylic acid groups (broad SMARTS) is 1. The third-order valence-electron chi connectivity index (χ3n) is 2.66. The summed E-state index contributed by atoms with van der Waals surface area (Å²) in [7, 11) is 0. The molecule has 0 aromatic heterocycles. The van der Waals surface area contributed by atoms with Crippen molar-refractivity contribution in [3.63, 3.8) is 0 Å². The van der Waals surface area contributed by atoms with Crippen molar-refractivity contribution in [1.29, 1.82) is 0 Å². The zero-order valence-corrected chi connectivity index (χ0v) is 11.4. The van der Waals surface area contributed by atoms with Gasteiger partial charge in [0.1, 0.15) is 0 Å². The lowest BCUT2D eigenvalue weighted by Gasteiger charge is -2.15. The van der Waals surface area contributed by atoms with Crippen molar-refractivity contribution in [2.75, 3.05) is 5.75 Å². The maximum absolute atomic E-state index is 12.4. The van der Waals surface area contributed by atoms with E-state index >= 15 is 0 Å². The molecule has 0 amide bonds. The topological polar surface area (TPSA) is 37.3 Å². The Kier molecular flexibility index (Phi) is 5.29. The van der Waals surface area contributed by atoms with Gasteiger partial charge in [0.15, 0.2) is 5.92 Å². The molecule has 0 saturated heterocycles. The standard InChI is InChI=1S/C13H15F3O2S/c1-8(2)9-3-5-10(6-4-9)19-7-11(12(17)18)13(14,15)16/h3-6,8,11H,7H2,1-2H3,(H,17,18). The number of hydrogen-bond acceptors (Lipinski definition) is 2. The molecule has 106 valence electrons. The molecule has 0 radical (unpaired) electrons. The zero-order valence-electron chi connectivity index (χ0n) is 10.6. The Labute approximate surface area is 114 Å². The normalized spacial score (nSPS) is 13.6. The first-order valence-electron chi connectivity index (χ1n) is 5.74. The molecule has 6 heteroatoms. The van der Waals surface area contributed by atoms with Crippen LogP contribution in [0.4, 0.5) is 13.2 Å². The van der Waals surface area contributed by atoms with Crippen LogP contribution in [-0.4, -0.2) is 23.0 Å². The molecule has 0 fully saturated rings. The van der Waals surface area contributed by atoms with E-state index in [1.165, 1.54) is 0 Å². The number of alkyl halides is 3. The molecule has 0 aliphatic carbocycles. The van der Waals surface area contributed by atoms with E-state index in [1.807, 2.05) is 26.0 Å². The Morgan fingerprint density at radius 2 is 1.79 bits per heavy atom. The van der Waals surface area contributed by atoms with E-state index in [-0.39, 0.29) is 0 Å². The molecule has 1 atom stereocenters. The summed E-state index contributed by atoms with van der Waals surface area (Å²) in [5.74, 6) is -4.33. The van der Waals surface area contributed by atoms with Crippen LogP contribution in [0.25, 0.3) is 0 Å². The van der Waals surface area contributed by atoms with Gasteiger partial charge in [-0.2, -0.15) is 13.2 Å². The van der Waals surface area contributed by atoms with Gasteiger partial charge >= 0.3 is 12.1 Å². The average Bonchev–Trinajstić information content (AvgIpc) is 2.27. The SMILES string of the molecule is CC(C)c1ccc(SCC(C(=O)O)C(F)(F)F)cc1. The molecule has 1 N–H and O–H groups in total. The largest absolute Gasteiger partial charge is 0.481 e. The summed E-state index contributed by atoms with van der Waals surface area (Å²) in [4.78, 5) is 11.2. The summed E-state index contributed by atoms with van der Waals surface area (Å²) in [6.07, 6.45) is -4.71. The Balaban J connectivity index is 2.67. The third-order valence-corrected chi connectivity index (χ3v) is 3.76. The fourth-order valence-electron chi connectivity index (χ4n) is 1.43. The minimum atomic E-state index is -4.71. The lowest BCUT2D eigenvalue weighted by molar-refractivity contribution is -0.188. The van der Waals surface area contributed by atoms with Crippen molar-refractivity contribution < 1.29 is 23.1 Å². The first kappa shape index (κ1) is 15.9. The van der Waals surface area contributed by atoms with Gasteiger partial charge in [0.25, 0.3) is 0 Å². The van der Waals surface area contributed by atoms with Gasteiger partial charge in [0.2, 0.25) is 0 Å². The van der Waals surface area contributed by atoms with Gasteiger partial charge in [-0.05, 0) is 23.6 Å². The van der Waals surface area contributed by atoms with Gasteiger partial charge in [0, 0.05) is 10.6 Å². The van der Waals surface area contributed by atoms with E-state index in [0.717, 1.165) is 17.3 Å². The highest BCUT2D eigenvalue weighted by atomic mass is 32.2. The van der Waals surface area contributed by atoms with Gasteiger partial charge in [-0.3, -0.25) is 4.79 Å². The van der Waals surface area contributed by atoms with E-state index in [0.29, 0.717) is 10.8 Å². The van der Waals surface area contributed by atoms with Crippen LogP contribution in [0.15, 0.2) is 29.2 Å². The highest BCUT2D eigenvalue weighted by molar-refractivity contribution is 7.99. The monoisotopic (exact) mass is 292 g/mol. The summed E-state index contributed by atoms with van der Waals surface area (Å²) in [5, 5.41) is 8.57. The van der Waals surface area contributed by atoms with E-state index < -0.39 is 23.8 Å². The Hall–Kier alpha value is -1.17. The second-order valence-electron chi connectivity index (χ2n) is 4.47.